The summed E-state index contributed by atoms with van der Waals surface area (Å²) in [6.07, 6.45) is 1.38. The first kappa shape index (κ1) is 12.4. The number of hydrogen-bond acceptors (Lipinski definition) is 5. The van der Waals surface area contributed by atoms with Crippen molar-refractivity contribution in [2.24, 2.45) is 0 Å². The summed E-state index contributed by atoms with van der Waals surface area (Å²) in [5, 5.41) is 3.10. The highest BCUT2D eigenvalue weighted by molar-refractivity contribution is 5.87. The number of carbonyl (C=O) groups is 1. The summed E-state index contributed by atoms with van der Waals surface area (Å²) < 4.78 is 15.4. The second-order valence-electron chi connectivity index (χ2n) is 3.98. The minimum absolute atomic E-state index is 0.421. The Labute approximate surface area is 105 Å². The van der Waals surface area contributed by atoms with Crippen molar-refractivity contribution in [3.8, 4) is 5.75 Å². The van der Waals surface area contributed by atoms with Crippen LogP contribution in [0.3, 0.4) is 0 Å². The molecule has 96 valence electrons. The Bertz CT molecular complexity index is 480. The van der Waals surface area contributed by atoms with Crippen LogP contribution in [0.2, 0.25) is 0 Å². The van der Waals surface area contributed by atoms with E-state index in [0.717, 1.165) is 11.4 Å². The lowest BCUT2D eigenvalue weighted by Crippen LogP contribution is -2.33. The number of carbonyl (C=O) groups excluding carboxylic acids is 1. The van der Waals surface area contributed by atoms with E-state index in [4.69, 9.17) is 14.2 Å². The normalized spacial score (nSPS) is 22.4. The zero-order chi connectivity index (χ0) is 13.2. The van der Waals surface area contributed by atoms with Crippen LogP contribution < -0.4 is 10.1 Å². The Morgan fingerprint density at radius 1 is 1.22 bits per heavy atom. The Balaban J connectivity index is 2.17. The highest BCUT2D eigenvalue weighted by atomic mass is 16.7. The van der Waals surface area contributed by atoms with Gasteiger partial charge >= 0.3 is 5.97 Å². The maximum Gasteiger partial charge on any atom is 0.335 e. The number of methoxy groups -OCH3 is 2. The maximum absolute atomic E-state index is 11.3. The second kappa shape index (κ2) is 4.70. The van der Waals surface area contributed by atoms with Crippen molar-refractivity contribution in [2.45, 2.75) is 12.7 Å². The maximum atomic E-state index is 11.3. The van der Waals surface area contributed by atoms with Crippen LogP contribution in [0.1, 0.15) is 6.92 Å². The summed E-state index contributed by atoms with van der Waals surface area (Å²) in [5.74, 6) is -0.713. The van der Waals surface area contributed by atoms with E-state index in [1.807, 2.05) is 24.3 Å². The smallest absolute Gasteiger partial charge is 0.335 e. The monoisotopic (exact) mass is 249 g/mol. The number of hydrogen-bond donors (Lipinski definition) is 1. The lowest BCUT2D eigenvalue weighted by Gasteiger charge is -2.25. The van der Waals surface area contributed by atoms with Crippen molar-refractivity contribution in [1.82, 2.24) is 0 Å². The van der Waals surface area contributed by atoms with Crippen LogP contribution in [0, 0.1) is 0 Å². The standard InChI is InChI=1S/C13H15NO4/c1-13(17-3)11(8-12(15)18-13)14-9-4-6-10(16-2)7-5-9/h4-8,14H,1-3H3. The molecule has 1 aliphatic rings. The molecular formula is C13H15NO4. The molecule has 0 amide bonds. The fourth-order valence-corrected chi connectivity index (χ4v) is 1.66. The van der Waals surface area contributed by atoms with Crippen LogP contribution in [-0.2, 0) is 14.3 Å². The SMILES string of the molecule is COc1ccc(NC2=CC(=O)OC2(C)OC)cc1. The van der Waals surface area contributed by atoms with Gasteiger partial charge in [-0.25, -0.2) is 4.79 Å². The molecule has 18 heavy (non-hydrogen) atoms. The highest BCUT2D eigenvalue weighted by Gasteiger charge is 2.39. The van der Waals surface area contributed by atoms with Crippen molar-refractivity contribution in [3.63, 3.8) is 0 Å². The van der Waals surface area contributed by atoms with E-state index >= 15 is 0 Å². The summed E-state index contributed by atoms with van der Waals surface area (Å²) in [5.41, 5.74) is 1.39. The van der Waals surface area contributed by atoms with Gasteiger partial charge in [-0.3, -0.25) is 0 Å². The second-order valence-corrected chi connectivity index (χ2v) is 3.98. The van der Waals surface area contributed by atoms with Crippen LogP contribution in [0.15, 0.2) is 36.0 Å². The molecular weight excluding hydrogens is 234 g/mol. The van der Waals surface area contributed by atoms with Gasteiger partial charge in [-0.1, -0.05) is 0 Å². The number of ether oxygens (including phenoxy) is 3. The van der Waals surface area contributed by atoms with Crippen LogP contribution in [0.5, 0.6) is 5.75 Å². The largest absolute Gasteiger partial charge is 0.497 e. The summed E-state index contributed by atoms with van der Waals surface area (Å²) in [7, 11) is 3.10. The average molecular weight is 249 g/mol. The van der Waals surface area contributed by atoms with Crippen molar-refractivity contribution < 1.29 is 19.0 Å². The molecule has 0 aromatic heterocycles. The molecule has 1 aromatic rings. The van der Waals surface area contributed by atoms with Crippen LogP contribution in [0.25, 0.3) is 0 Å². The Kier molecular flexibility index (Phi) is 3.25. The molecule has 0 saturated carbocycles. The molecule has 0 bridgehead atoms. The Morgan fingerprint density at radius 2 is 1.89 bits per heavy atom. The van der Waals surface area contributed by atoms with E-state index in [-0.39, 0.29) is 0 Å². The van der Waals surface area contributed by atoms with Crippen LogP contribution in [0.4, 0.5) is 5.69 Å². The molecule has 1 aliphatic heterocycles. The molecule has 1 atom stereocenters. The van der Waals surface area contributed by atoms with Gasteiger partial charge in [-0.15, -0.1) is 0 Å². The number of anilines is 1. The molecule has 0 fully saturated rings. The number of nitrogens with one attached hydrogen (secondary N) is 1. The van der Waals surface area contributed by atoms with Crippen molar-refractivity contribution in [1.29, 1.82) is 0 Å². The molecule has 1 N–H and O–H groups in total. The first-order valence-corrected chi connectivity index (χ1v) is 5.49. The van der Waals surface area contributed by atoms with Crippen molar-refractivity contribution in [3.05, 3.63) is 36.0 Å². The number of cyclic esters (lactones) is 1. The molecule has 5 heteroatoms. The van der Waals surface area contributed by atoms with Crippen molar-refractivity contribution in [2.75, 3.05) is 19.5 Å². The first-order valence-electron chi connectivity index (χ1n) is 5.49. The quantitative estimate of drug-likeness (QED) is 0.826. The summed E-state index contributed by atoms with van der Waals surface area (Å²) >= 11 is 0. The van der Waals surface area contributed by atoms with Gasteiger partial charge in [0.05, 0.1) is 12.8 Å². The molecule has 5 nitrogen and oxygen atoms in total. The van der Waals surface area contributed by atoms with Gasteiger partial charge in [0.2, 0.25) is 0 Å². The summed E-state index contributed by atoms with van der Waals surface area (Å²) in [6, 6.07) is 7.34. The van der Waals surface area contributed by atoms with Crippen LogP contribution >= 0.6 is 0 Å². The Morgan fingerprint density at radius 3 is 2.44 bits per heavy atom. The van der Waals surface area contributed by atoms with Gasteiger partial charge in [0, 0.05) is 25.8 Å². The highest BCUT2D eigenvalue weighted by Crippen LogP contribution is 2.29. The van der Waals surface area contributed by atoms with Gasteiger partial charge in [-0.2, -0.15) is 0 Å². The fraction of sp³-hybridized carbons (Fsp3) is 0.308. The van der Waals surface area contributed by atoms with E-state index < -0.39 is 11.8 Å². The predicted molar refractivity (Wildman–Crippen MR) is 66.2 cm³/mol. The van der Waals surface area contributed by atoms with Gasteiger partial charge in [0.25, 0.3) is 5.79 Å². The van der Waals surface area contributed by atoms with Crippen molar-refractivity contribution >= 4 is 11.7 Å². The molecule has 1 heterocycles. The minimum Gasteiger partial charge on any atom is -0.497 e. The third kappa shape index (κ3) is 2.31. The summed E-state index contributed by atoms with van der Waals surface area (Å²) in [6.45, 7) is 1.68. The molecule has 0 aliphatic carbocycles. The molecule has 2 rings (SSSR count). The number of esters is 1. The van der Waals surface area contributed by atoms with Gasteiger partial charge in [-0.05, 0) is 24.3 Å². The number of benzene rings is 1. The topological polar surface area (TPSA) is 56.8 Å². The molecule has 1 aromatic carbocycles. The lowest BCUT2D eigenvalue weighted by molar-refractivity contribution is -0.184. The molecule has 0 saturated heterocycles. The van der Waals surface area contributed by atoms with E-state index in [1.54, 1.807) is 14.0 Å². The average Bonchev–Trinajstić information content (AvgIpc) is 2.66. The lowest BCUT2D eigenvalue weighted by atomic mass is 10.2. The zero-order valence-electron chi connectivity index (χ0n) is 10.5. The fourth-order valence-electron chi connectivity index (χ4n) is 1.66. The zero-order valence-corrected chi connectivity index (χ0v) is 10.5. The first-order chi connectivity index (χ1) is 8.57. The van der Waals surface area contributed by atoms with E-state index in [9.17, 15) is 4.79 Å². The predicted octanol–water partition coefficient (Wildman–Crippen LogP) is 1.91. The third-order valence-corrected chi connectivity index (χ3v) is 2.81. The molecule has 0 spiro atoms. The molecule has 1 unspecified atom stereocenters. The Hall–Kier alpha value is -2.01. The third-order valence-electron chi connectivity index (χ3n) is 2.81. The minimum atomic E-state index is -1.06. The molecule has 0 radical (unpaired) electrons. The van der Waals surface area contributed by atoms with Gasteiger partial charge in [0.1, 0.15) is 5.75 Å². The van der Waals surface area contributed by atoms with E-state index in [1.165, 1.54) is 13.2 Å². The summed E-state index contributed by atoms with van der Waals surface area (Å²) in [4.78, 5) is 11.3. The van der Waals surface area contributed by atoms with E-state index in [0.29, 0.717) is 5.70 Å². The van der Waals surface area contributed by atoms with Crippen LogP contribution in [-0.4, -0.2) is 26.0 Å². The van der Waals surface area contributed by atoms with Gasteiger partial charge < -0.3 is 19.5 Å². The van der Waals surface area contributed by atoms with Gasteiger partial charge in [0.15, 0.2) is 0 Å². The van der Waals surface area contributed by atoms with E-state index in [2.05, 4.69) is 5.32 Å². The number of rotatable bonds is 4.